The lowest BCUT2D eigenvalue weighted by Gasteiger charge is -2.32. The molecule has 0 aromatic heterocycles. The van der Waals surface area contributed by atoms with Gasteiger partial charge in [-0.05, 0) is 62.2 Å². The summed E-state index contributed by atoms with van der Waals surface area (Å²) in [5.41, 5.74) is 1.72. The number of amides is 2. The van der Waals surface area contributed by atoms with E-state index in [9.17, 15) is 14.0 Å². The molecular formula is C21H22FN3O2. The molecule has 0 aliphatic carbocycles. The summed E-state index contributed by atoms with van der Waals surface area (Å²) in [7, 11) is 0. The van der Waals surface area contributed by atoms with Crippen molar-refractivity contribution in [2.24, 2.45) is 5.92 Å². The molecule has 2 aliphatic heterocycles. The normalized spacial score (nSPS) is 17.7. The minimum absolute atomic E-state index is 0.124. The Hall–Kier alpha value is -2.73. The Kier molecular flexibility index (Phi) is 4.66. The lowest BCUT2D eigenvalue weighted by atomic mass is 9.99. The van der Waals surface area contributed by atoms with E-state index in [4.69, 9.17) is 0 Å². The van der Waals surface area contributed by atoms with Crippen molar-refractivity contribution in [1.29, 1.82) is 0 Å². The zero-order valence-electron chi connectivity index (χ0n) is 15.2. The maximum absolute atomic E-state index is 13.8. The molecular weight excluding hydrogens is 345 g/mol. The third-order valence-corrected chi connectivity index (χ3v) is 5.32. The van der Waals surface area contributed by atoms with Gasteiger partial charge in [0.2, 0.25) is 5.91 Å². The second-order valence-electron chi connectivity index (χ2n) is 7.32. The Morgan fingerprint density at radius 2 is 1.89 bits per heavy atom. The largest absolute Gasteiger partial charge is 0.320 e. The van der Waals surface area contributed by atoms with Crippen LogP contribution >= 0.6 is 0 Å². The highest BCUT2D eigenvalue weighted by molar-refractivity contribution is 6.17. The fourth-order valence-electron chi connectivity index (χ4n) is 3.73. The minimum atomic E-state index is -0.507. The number of hydrogen-bond acceptors (Lipinski definition) is 3. The maximum atomic E-state index is 13.8. The number of carbonyl (C=O) groups excluding carboxylic acids is 2. The van der Waals surface area contributed by atoms with Crippen LogP contribution in [-0.4, -0.2) is 36.3 Å². The van der Waals surface area contributed by atoms with Crippen molar-refractivity contribution in [2.45, 2.75) is 19.8 Å². The van der Waals surface area contributed by atoms with Gasteiger partial charge in [-0.15, -0.1) is 0 Å². The fraction of sp³-hybridized carbons (Fsp3) is 0.333. The Labute approximate surface area is 157 Å². The van der Waals surface area contributed by atoms with E-state index in [-0.39, 0.29) is 18.0 Å². The summed E-state index contributed by atoms with van der Waals surface area (Å²) in [5, 5.41) is 2.79. The maximum Gasteiger partial charge on any atom is 0.257 e. The number of nitrogens with one attached hydrogen (secondary N) is 1. The number of nitrogens with zero attached hydrogens (tertiary/aromatic N) is 2. The van der Waals surface area contributed by atoms with Gasteiger partial charge in [-0.25, -0.2) is 4.39 Å². The van der Waals surface area contributed by atoms with E-state index in [0.717, 1.165) is 25.9 Å². The van der Waals surface area contributed by atoms with E-state index in [0.29, 0.717) is 23.0 Å². The molecule has 1 fully saturated rings. The fourth-order valence-corrected chi connectivity index (χ4v) is 3.73. The predicted molar refractivity (Wildman–Crippen MR) is 103 cm³/mol. The summed E-state index contributed by atoms with van der Waals surface area (Å²) in [6.07, 6.45) is 2.15. The van der Waals surface area contributed by atoms with Crippen LogP contribution in [-0.2, 0) is 4.79 Å². The molecule has 2 aromatic rings. The first-order valence-electron chi connectivity index (χ1n) is 9.28. The highest BCUT2D eigenvalue weighted by Crippen LogP contribution is 2.38. The summed E-state index contributed by atoms with van der Waals surface area (Å²) >= 11 is 0. The van der Waals surface area contributed by atoms with Gasteiger partial charge < -0.3 is 5.32 Å². The van der Waals surface area contributed by atoms with Crippen LogP contribution in [0, 0.1) is 11.7 Å². The molecule has 27 heavy (non-hydrogen) atoms. The van der Waals surface area contributed by atoms with Crippen molar-refractivity contribution in [2.75, 3.05) is 29.9 Å². The van der Waals surface area contributed by atoms with Gasteiger partial charge in [0.15, 0.2) is 0 Å². The number of benzene rings is 2. The molecule has 5 nitrogen and oxygen atoms in total. The Morgan fingerprint density at radius 1 is 1.15 bits per heavy atom. The molecule has 0 unspecified atom stereocenters. The van der Waals surface area contributed by atoms with Crippen molar-refractivity contribution < 1.29 is 14.0 Å². The number of carbonyl (C=O) groups is 2. The summed E-state index contributed by atoms with van der Waals surface area (Å²) in [6.45, 7) is 4.27. The first-order valence-corrected chi connectivity index (χ1v) is 9.28. The van der Waals surface area contributed by atoms with Crippen LogP contribution in [0.25, 0.3) is 0 Å². The Bertz CT molecular complexity index is 891. The molecule has 2 aliphatic rings. The Morgan fingerprint density at radius 3 is 2.67 bits per heavy atom. The van der Waals surface area contributed by atoms with Crippen molar-refractivity contribution >= 4 is 28.9 Å². The molecule has 4 rings (SSSR count). The summed E-state index contributed by atoms with van der Waals surface area (Å²) in [5.74, 6) is -0.367. The van der Waals surface area contributed by atoms with Crippen molar-refractivity contribution in [3.05, 3.63) is 53.8 Å². The van der Waals surface area contributed by atoms with E-state index in [1.165, 1.54) is 18.2 Å². The molecule has 2 amide bonds. The second-order valence-corrected chi connectivity index (χ2v) is 7.32. The second kappa shape index (κ2) is 7.12. The molecule has 0 saturated carbocycles. The zero-order valence-corrected chi connectivity index (χ0v) is 15.2. The molecule has 0 bridgehead atoms. The number of fused-ring (bicyclic) bond motifs is 2. The molecule has 2 heterocycles. The van der Waals surface area contributed by atoms with Gasteiger partial charge in [0.25, 0.3) is 5.91 Å². The van der Waals surface area contributed by atoms with Crippen molar-refractivity contribution in [3.63, 3.8) is 0 Å². The van der Waals surface area contributed by atoms with Gasteiger partial charge in [0.05, 0.1) is 29.2 Å². The van der Waals surface area contributed by atoms with E-state index in [1.807, 2.05) is 6.07 Å². The zero-order chi connectivity index (χ0) is 19.0. The van der Waals surface area contributed by atoms with Crippen LogP contribution in [0.5, 0.6) is 0 Å². The predicted octanol–water partition coefficient (Wildman–Crippen LogP) is 3.79. The smallest absolute Gasteiger partial charge is 0.257 e. The minimum Gasteiger partial charge on any atom is -0.320 e. The molecule has 6 heteroatoms. The number of piperidine rings is 1. The number of rotatable bonds is 2. The highest BCUT2D eigenvalue weighted by Gasteiger charge is 2.31. The highest BCUT2D eigenvalue weighted by atomic mass is 19.1. The van der Waals surface area contributed by atoms with E-state index < -0.39 is 11.7 Å². The molecule has 2 aromatic carbocycles. The van der Waals surface area contributed by atoms with Gasteiger partial charge in [-0.1, -0.05) is 19.1 Å². The van der Waals surface area contributed by atoms with E-state index >= 15 is 0 Å². The molecule has 0 radical (unpaired) electrons. The monoisotopic (exact) mass is 367 g/mol. The number of para-hydroxylation sites is 2. The van der Waals surface area contributed by atoms with Crippen molar-refractivity contribution in [3.8, 4) is 0 Å². The third-order valence-electron chi connectivity index (χ3n) is 5.32. The van der Waals surface area contributed by atoms with Crippen LogP contribution in [0.4, 0.5) is 21.5 Å². The standard InChI is InChI=1S/C21H22FN3O2/c1-14-8-10-24(11-9-14)13-20(26)25-18-7-6-15(22)12-16(18)21(27)23-17-4-2-3-5-19(17)25/h2-7,12,14H,8-11,13H2,1H3,(H,23,27). The van der Waals surface area contributed by atoms with Crippen molar-refractivity contribution in [1.82, 2.24) is 4.90 Å². The molecule has 0 spiro atoms. The average molecular weight is 367 g/mol. The van der Waals surface area contributed by atoms with Gasteiger partial charge in [0.1, 0.15) is 5.82 Å². The average Bonchev–Trinajstić information content (AvgIpc) is 2.77. The first kappa shape index (κ1) is 17.7. The van der Waals surface area contributed by atoms with Crippen LogP contribution in [0.2, 0.25) is 0 Å². The number of halogens is 1. The lowest BCUT2D eigenvalue weighted by Crippen LogP contribution is -2.42. The van der Waals surface area contributed by atoms with Crippen LogP contribution in [0.15, 0.2) is 42.5 Å². The van der Waals surface area contributed by atoms with E-state index in [2.05, 4.69) is 17.1 Å². The van der Waals surface area contributed by atoms with Crippen LogP contribution in [0.1, 0.15) is 30.1 Å². The first-order chi connectivity index (χ1) is 13.0. The Balaban J connectivity index is 1.73. The summed E-state index contributed by atoms with van der Waals surface area (Å²) in [6, 6.07) is 11.1. The van der Waals surface area contributed by atoms with E-state index in [1.54, 1.807) is 23.1 Å². The van der Waals surface area contributed by atoms with Gasteiger partial charge >= 0.3 is 0 Å². The number of likely N-dealkylation sites (tertiary alicyclic amines) is 1. The SMILES string of the molecule is CC1CCN(CC(=O)N2c3ccccc3NC(=O)c3cc(F)ccc32)CC1. The molecule has 1 N–H and O–H groups in total. The summed E-state index contributed by atoms with van der Waals surface area (Å²) < 4.78 is 13.8. The number of anilines is 3. The lowest BCUT2D eigenvalue weighted by molar-refractivity contribution is -0.119. The van der Waals surface area contributed by atoms with Gasteiger partial charge in [0, 0.05) is 0 Å². The third kappa shape index (κ3) is 3.45. The topological polar surface area (TPSA) is 52.7 Å². The summed E-state index contributed by atoms with van der Waals surface area (Å²) in [4.78, 5) is 29.5. The van der Waals surface area contributed by atoms with Crippen LogP contribution in [0.3, 0.4) is 0 Å². The van der Waals surface area contributed by atoms with Crippen LogP contribution < -0.4 is 10.2 Å². The molecule has 140 valence electrons. The van der Waals surface area contributed by atoms with Gasteiger partial charge in [-0.3, -0.25) is 19.4 Å². The van der Waals surface area contributed by atoms with Gasteiger partial charge in [-0.2, -0.15) is 0 Å². The quantitative estimate of drug-likeness (QED) is 0.879. The number of hydrogen-bond donors (Lipinski definition) is 1. The molecule has 0 atom stereocenters. The molecule has 1 saturated heterocycles.